The summed E-state index contributed by atoms with van der Waals surface area (Å²) in [7, 11) is 2.03. The number of aryl methyl sites for hydroxylation is 2. The van der Waals surface area contributed by atoms with Gasteiger partial charge in [0, 0.05) is 18.6 Å². The normalized spacial score (nSPS) is 19.2. The highest BCUT2D eigenvalue weighted by atomic mass is 35.5. The summed E-state index contributed by atoms with van der Waals surface area (Å²) >= 11 is 6.13. The minimum absolute atomic E-state index is 0.638. The quantitative estimate of drug-likeness (QED) is 0.739. The zero-order chi connectivity index (χ0) is 11.5. The Labute approximate surface area is 103 Å². The predicted molar refractivity (Wildman–Crippen MR) is 67.8 cm³/mol. The van der Waals surface area contributed by atoms with Gasteiger partial charge in [-0.2, -0.15) is 5.10 Å². The molecule has 0 radical (unpaired) electrons. The Morgan fingerprint density at radius 1 is 1.50 bits per heavy atom. The lowest BCUT2D eigenvalue weighted by atomic mass is 9.88. The van der Waals surface area contributed by atoms with E-state index in [-0.39, 0.29) is 0 Å². The van der Waals surface area contributed by atoms with Crippen LogP contribution in [0.2, 0.25) is 0 Å². The van der Waals surface area contributed by atoms with Gasteiger partial charge in [0.2, 0.25) is 0 Å². The van der Waals surface area contributed by atoms with Crippen molar-refractivity contribution in [3.05, 3.63) is 17.5 Å². The molecule has 1 fully saturated rings. The summed E-state index contributed by atoms with van der Waals surface area (Å²) < 4.78 is 2.00. The van der Waals surface area contributed by atoms with E-state index in [1.807, 2.05) is 11.7 Å². The summed E-state index contributed by atoms with van der Waals surface area (Å²) in [4.78, 5) is 0. The van der Waals surface area contributed by atoms with Gasteiger partial charge in [-0.05, 0) is 31.2 Å². The maximum atomic E-state index is 6.13. The molecule has 1 heterocycles. The van der Waals surface area contributed by atoms with Gasteiger partial charge >= 0.3 is 0 Å². The third-order valence-electron chi connectivity index (χ3n) is 3.83. The minimum atomic E-state index is 0.638. The van der Waals surface area contributed by atoms with Gasteiger partial charge in [0.25, 0.3) is 0 Å². The van der Waals surface area contributed by atoms with Crippen LogP contribution < -0.4 is 0 Å². The van der Waals surface area contributed by atoms with Crippen LogP contribution in [0.15, 0.2) is 6.07 Å². The summed E-state index contributed by atoms with van der Waals surface area (Å²) in [5, 5.41) is 4.40. The van der Waals surface area contributed by atoms with E-state index in [4.69, 9.17) is 11.6 Å². The molecular formula is C13H21ClN2. The first-order valence-electron chi connectivity index (χ1n) is 6.26. The van der Waals surface area contributed by atoms with Gasteiger partial charge < -0.3 is 0 Å². The van der Waals surface area contributed by atoms with Gasteiger partial charge in [0.05, 0.1) is 5.69 Å². The molecule has 0 aromatic carbocycles. The Bertz CT molecular complexity index is 340. The molecule has 1 saturated carbocycles. The molecule has 16 heavy (non-hydrogen) atoms. The van der Waals surface area contributed by atoms with Crippen molar-refractivity contribution in [1.29, 1.82) is 0 Å². The molecule has 0 spiro atoms. The van der Waals surface area contributed by atoms with E-state index in [2.05, 4.69) is 18.1 Å². The molecule has 1 aliphatic carbocycles. The zero-order valence-corrected chi connectivity index (χ0v) is 11.0. The van der Waals surface area contributed by atoms with E-state index < -0.39 is 0 Å². The molecule has 1 atom stereocenters. The molecule has 0 bridgehead atoms. The molecule has 0 N–H and O–H groups in total. The lowest BCUT2D eigenvalue weighted by Gasteiger charge is -2.20. The second kappa shape index (κ2) is 5.22. The van der Waals surface area contributed by atoms with Crippen LogP contribution >= 0.6 is 11.6 Å². The van der Waals surface area contributed by atoms with Crippen molar-refractivity contribution in [2.24, 2.45) is 18.9 Å². The third-order valence-corrected chi connectivity index (χ3v) is 4.23. The standard InChI is InChI=1S/C13H21ClN2/c1-10-7-13(16(2)15-10)8-12(9-14)11-5-3-4-6-11/h7,11-12H,3-6,8-9H2,1-2H3. The molecular weight excluding hydrogens is 220 g/mol. The Morgan fingerprint density at radius 3 is 2.69 bits per heavy atom. The van der Waals surface area contributed by atoms with Crippen LogP contribution in [-0.2, 0) is 13.5 Å². The fraction of sp³-hybridized carbons (Fsp3) is 0.769. The van der Waals surface area contributed by atoms with Gasteiger partial charge in [-0.25, -0.2) is 0 Å². The van der Waals surface area contributed by atoms with Crippen LogP contribution in [0.1, 0.15) is 37.1 Å². The Hall–Kier alpha value is -0.500. The van der Waals surface area contributed by atoms with Crippen LogP contribution in [0.3, 0.4) is 0 Å². The molecule has 1 aliphatic rings. The number of rotatable bonds is 4. The van der Waals surface area contributed by atoms with Crippen LogP contribution in [0.5, 0.6) is 0 Å². The van der Waals surface area contributed by atoms with Gasteiger partial charge in [0.1, 0.15) is 0 Å². The highest BCUT2D eigenvalue weighted by Gasteiger charge is 2.25. The molecule has 0 amide bonds. The summed E-state index contributed by atoms with van der Waals surface area (Å²) in [5.74, 6) is 2.27. The highest BCUT2D eigenvalue weighted by molar-refractivity contribution is 6.18. The summed E-state index contributed by atoms with van der Waals surface area (Å²) in [6.07, 6.45) is 6.61. The summed E-state index contributed by atoms with van der Waals surface area (Å²) in [5.41, 5.74) is 2.44. The third kappa shape index (κ3) is 2.60. The number of hydrogen-bond donors (Lipinski definition) is 0. The van der Waals surface area contributed by atoms with Crippen LogP contribution in [0.25, 0.3) is 0 Å². The lowest BCUT2D eigenvalue weighted by molar-refractivity contribution is 0.362. The van der Waals surface area contributed by atoms with E-state index in [1.54, 1.807) is 0 Å². The van der Waals surface area contributed by atoms with Crippen molar-refractivity contribution in [2.75, 3.05) is 5.88 Å². The van der Waals surface area contributed by atoms with Gasteiger partial charge in [-0.3, -0.25) is 4.68 Å². The molecule has 1 aromatic heterocycles. The van der Waals surface area contributed by atoms with Crippen LogP contribution in [-0.4, -0.2) is 15.7 Å². The average molecular weight is 241 g/mol. The minimum Gasteiger partial charge on any atom is -0.272 e. The van der Waals surface area contributed by atoms with Gasteiger partial charge in [-0.1, -0.05) is 25.7 Å². The largest absolute Gasteiger partial charge is 0.272 e. The highest BCUT2D eigenvalue weighted by Crippen LogP contribution is 2.33. The second-order valence-electron chi connectivity index (χ2n) is 5.06. The fourth-order valence-corrected chi connectivity index (χ4v) is 3.26. The SMILES string of the molecule is Cc1cc(CC(CCl)C2CCCC2)n(C)n1. The van der Waals surface area contributed by atoms with Gasteiger partial charge in [0.15, 0.2) is 0 Å². The number of alkyl halides is 1. The van der Waals surface area contributed by atoms with Crippen molar-refractivity contribution in [3.8, 4) is 0 Å². The first-order chi connectivity index (χ1) is 7.70. The lowest BCUT2D eigenvalue weighted by Crippen LogP contribution is -2.18. The van der Waals surface area contributed by atoms with E-state index in [1.165, 1.54) is 31.4 Å². The molecule has 2 nitrogen and oxygen atoms in total. The van der Waals surface area contributed by atoms with Crippen LogP contribution in [0, 0.1) is 18.8 Å². The van der Waals surface area contributed by atoms with Crippen LogP contribution in [0.4, 0.5) is 0 Å². The molecule has 0 aliphatic heterocycles. The average Bonchev–Trinajstić information content (AvgIpc) is 2.85. The molecule has 1 unspecified atom stereocenters. The smallest absolute Gasteiger partial charge is 0.0596 e. The molecule has 0 saturated heterocycles. The molecule has 2 rings (SSSR count). The Balaban J connectivity index is 2.03. The summed E-state index contributed by atoms with van der Waals surface area (Å²) in [6.45, 7) is 2.05. The van der Waals surface area contributed by atoms with E-state index in [9.17, 15) is 0 Å². The van der Waals surface area contributed by atoms with Crippen molar-refractivity contribution in [3.63, 3.8) is 0 Å². The van der Waals surface area contributed by atoms with E-state index in [0.29, 0.717) is 5.92 Å². The van der Waals surface area contributed by atoms with E-state index >= 15 is 0 Å². The Morgan fingerprint density at radius 2 is 2.19 bits per heavy atom. The number of hydrogen-bond acceptors (Lipinski definition) is 1. The van der Waals surface area contributed by atoms with Gasteiger partial charge in [-0.15, -0.1) is 11.6 Å². The number of aromatic nitrogens is 2. The predicted octanol–water partition coefficient (Wildman–Crippen LogP) is 3.32. The first-order valence-corrected chi connectivity index (χ1v) is 6.79. The fourth-order valence-electron chi connectivity index (χ4n) is 2.90. The zero-order valence-electron chi connectivity index (χ0n) is 10.2. The molecule has 90 valence electrons. The topological polar surface area (TPSA) is 17.8 Å². The maximum Gasteiger partial charge on any atom is 0.0596 e. The van der Waals surface area contributed by atoms with Crippen molar-refractivity contribution < 1.29 is 0 Å². The van der Waals surface area contributed by atoms with Crippen molar-refractivity contribution >= 4 is 11.6 Å². The second-order valence-corrected chi connectivity index (χ2v) is 5.37. The number of nitrogens with zero attached hydrogens (tertiary/aromatic N) is 2. The van der Waals surface area contributed by atoms with Crippen molar-refractivity contribution in [2.45, 2.75) is 39.0 Å². The maximum absolute atomic E-state index is 6.13. The molecule has 3 heteroatoms. The first kappa shape index (κ1) is 12.0. The monoisotopic (exact) mass is 240 g/mol. The van der Waals surface area contributed by atoms with Crippen molar-refractivity contribution in [1.82, 2.24) is 9.78 Å². The Kier molecular flexibility index (Phi) is 3.91. The summed E-state index contributed by atoms with van der Waals surface area (Å²) in [6, 6.07) is 2.19. The number of halogens is 1. The molecule has 1 aromatic rings. The van der Waals surface area contributed by atoms with E-state index in [0.717, 1.165) is 23.9 Å².